The van der Waals surface area contributed by atoms with Crippen molar-refractivity contribution in [2.75, 3.05) is 20.2 Å². The third-order valence-corrected chi connectivity index (χ3v) is 3.14. The largest absolute Gasteiger partial charge is 0.380 e. The Bertz CT molecular complexity index is 424. The first-order chi connectivity index (χ1) is 10.3. The minimum atomic E-state index is 0. The van der Waals surface area contributed by atoms with Gasteiger partial charge < -0.3 is 15.4 Å². The van der Waals surface area contributed by atoms with Gasteiger partial charge in [-0.2, -0.15) is 0 Å². The number of halogens is 1. The number of hydrogen-bond donors (Lipinski definition) is 2. The molecule has 1 aromatic carbocycles. The zero-order valence-electron chi connectivity index (χ0n) is 14.0. The number of nitrogens with zero attached hydrogens (tertiary/aromatic N) is 1. The van der Waals surface area contributed by atoms with Crippen molar-refractivity contribution in [3.05, 3.63) is 35.4 Å². The fourth-order valence-corrected chi connectivity index (χ4v) is 2.08. The van der Waals surface area contributed by atoms with E-state index in [9.17, 15) is 0 Å². The van der Waals surface area contributed by atoms with Crippen molar-refractivity contribution in [1.82, 2.24) is 10.6 Å². The van der Waals surface area contributed by atoms with Crippen LogP contribution in [0.4, 0.5) is 0 Å². The van der Waals surface area contributed by atoms with E-state index in [-0.39, 0.29) is 24.0 Å². The smallest absolute Gasteiger partial charge is 0.191 e. The Kier molecular flexibility index (Phi) is 13.3. The molecule has 0 heterocycles. The van der Waals surface area contributed by atoms with Crippen LogP contribution >= 0.6 is 24.0 Å². The van der Waals surface area contributed by atoms with Gasteiger partial charge in [0.15, 0.2) is 5.96 Å². The van der Waals surface area contributed by atoms with Crippen molar-refractivity contribution in [2.24, 2.45) is 4.99 Å². The molecule has 4 nitrogen and oxygen atoms in total. The van der Waals surface area contributed by atoms with E-state index >= 15 is 0 Å². The second kappa shape index (κ2) is 13.8. The summed E-state index contributed by atoms with van der Waals surface area (Å²) in [5.74, 6) is 0.894. The molecule has 0 amide bonds. The summed E-state index contributed by atoms with van der Waals surface area (Å²) in [6, 6.07) is 8.38. The van der Waals surface area contributed by atoms with E-state index in [4.69, 9.17) is 4.74 Å². The third kappa shape index (κ3) is 9.25. The highest BCUT2D eigenvalue weighted by molar-refractivity contribution is 14.0. The average Bonchev–Trinajstić information content (AvgIpc) is 2.50. The monoisotopic (exact) mass is 419 g/mol. The molecule has 0 unspecified atom stereocenters. The van der Waals surface area contributed by atoms with E-state index in [0.717, 1.165) is 19.0 Å². The summed E-state index contributed by atoms with van der Waals surface area (Å²) >= 11 is 0. The summed E-state index contributed by atoms with van der Waals surface area (Å²) in [4.78, 5) is 4.64. The van der Waals surface area contributed by atoms with Gasteiger partial charge in [-0.3, -0.25) is 0 Å². The van der Waals surface area contributed by atoms with Crippen molar-refractivity contribution in [2.45, 2.75) is 46.3 Å². The number of nitrogens with one attached hydrogen (secondary N) is 2. The number of aliphatic imine (C=N–C) groups is 1. The van der Waals surface area contributed by atoms with Crippen molar-refractivity contribution in [1.29, 1.82) is 0 Å². The Morgan fingerprint density at radius 1 is 1.14 bits per heavy atom. The van der Waals surface area contributed by atoms with E-state index in [1.165, 1.54) is 30.4 Å². The van der Waals surface area contributed by atoms with E-state index < -0.39 is 0 Å². The van der Waals surface area contributed by atoms with Crippen LogP contribution in [-0.4, -0.2) is 26.2 Å². The summed E-state index contributed by atoms with van der Waals surface area (Å²) in [6.45, 7) is 7.48. The van der Waals surface area contributed by atoms with E-state index in [1.807, 2.05) is 0 Å². The van der Waals surface area contributed by atoms with Gasteiger partial charge in [0.05, 0.1) is 13.2 Å². The first kappa shape index (κ1) is 21.2. The van der Waals surface area contributed by atoms with Gasteiger partial charge in [-0.1, -0.05) is 44.0 Å². The Labute approximate surface area is 152 Å². The summed E-state index contributed by atoms with van der Waals surface area (Å²) in [5, 5.41) is 6.66. The summed E-state index contributed by atoms with van der Waals surface area (Å²) in [6.07, 6.45) is 3.68. The van der Waals surface area contributed by atoms with E-state index in [2.05, 4.69) is 53.7 Å². The molecule has 0 aliphatic carbocycles. The molecule has 22 heavy (non-hydrogen) atoms. The fourth-order valence-electron chi connectivity index (χ4n) is 2.08. The summed E-state index contributed by atoms with van der Waals surface area (Å²) in [7, 11) is 1.72. The predicted molar refractivity (Wildman–Crippen MR) is 105 cm³/mol. The quantitative estimate of drug-likeness (QED) is 0.278. The van der Waals surface area contributed by atoms with Crippen LogP contribution in [0, 0.1) is 0 Å². The van der Waals surface area contributed by atoms with Gasteiger partial charge in [0.25, 0.3) is 0 Å². The zero-order valence-corrected chi connectivity index (χ0v) is 16.4. The maximum atomic E-state index is 5.16. The van der Waals surface area contributed by atoms with Crippen LogP contribution in [0.15, 0.2) is 29.3 Å². The third-order valence-electron chi connectivity index (χ3n) is 3.14. The van der Waals surface area contributed by atoms with Crippen molar-refractivity contribution >= 4 is 29.9 Å². The molecule has 0 saturated carbocycles. The fraction of sp³-hybridized carbons (Fsp3) is 0.588. The number of guanidine groups is 1. The van der Waals surface area contributed by atoms with Gasteiger partial charge in [0.1, 0.15) is 0 Å². The lowest BCUT2D eigenvalue weighted by atomic mass is 10.1. The van der Waals surface area contributed by atoms with Crippen LogP contribution in [0.3, 0.4) is 0 Å². The van der Waals surface area contributed by atoms with Gasteiger partial charge in [0.2, 0.25) is 0 Å². The van der Waals surface area contributed by atoms with E-state index in [0.29, 0.717) is 13.2 Å². The molecule has 1 aromatic rings. The molecule has 0 saturated heterocycles. The van der Waals surface area contributed by atoms with Crippen LogP contribution in [0.5, 0.6) is 0 Å². The van der Waals surface area contributed by atoms with Gasteiger partial charge >= 0.3 is 0 Å². The van der Waals surface area contributed by atoms with Crippen LogP contribution in [0.25, 0.3) is 0 Å². The van der Waals surface area contributed by atoms with Crippen LogP contribution in [-0.2, 0) is 17.9 Å². The number of unbranched alkanes of at least 4 members (excludes halogenated alkanes) is 2. The highest BCUT2D eigenvalue weighted by atomic mass is 127. The number of methoxy groups -OCH3 is 1. The molecule has 5 heteroatoms. The lowest BCUT2D eigenvalue weighted by Crippen LogP contribution is -2.37. The van der Waals surface area contributed by atoms with Crippen molar-refractivity contribution in [3.8, 4) is 0 Å². The molecule has 1 rings (SSSR count). The lowest BCUT2D eigenvalue weighted by Gasteiger charge is -2.11. The Balaban J connectivity index is 0.00000441. The number of ether oxygens (including phenoxy) is 1. The molecule has 2 N–H and O–H groups in total. The molecular formula is C17H30IN3O. The van der Waals surface area contributed by atoms with Crippen molar-refractivity contribution in [3.63, 3.8) is 0 Å². The number of rotatable bonds is 9. The normalized spacial score (nSPS) is 11.0. The van der Waals surface area contributed by atoms with Crippen LogP contribution in [0.1, 0.15) is 44.2 Å². The topological polar surface area (TPSA) is 45.7 Å². The SMILES string of the molecule is CCCCCNC(=NCc1cccc(COC)c1)NCC.I. The zero-order chi connectivity index (χ0) is 15.3. The number of hydrogen-bond acceptors (Lipinski definition) is 2. The molecule has 0 aromatic heterocycles. The predicted octanol–water partition coefficient (Wildman–Crippen LogP) is 3.70. The molecule has 0 radical (unpaired) electrons. The first-order valence-electron chi connectivity index (χ1n) is 7.89. The molecule has 126 valence electrons. The van der Waals surface area contributed by atoms with Gasteiger partial charge in [-0.25, -0.2) is 4.99 Å². The van der Waals surface area contributed by atoms with Crippen molar-refractivity contribution < 1.29 is 4.74 Å². The maximum Gasteiger partial charge on any atom is 0.191 e. The minimum Gasteiger partial charge on any atom is -0.380 e. The Hall–Kier alpha value is -0.820. The lowest BCUT2D eigenvalue weighted by molar-refractivity contribution is 0.185. The molecular weight excluding hydrogens is 389 g/mol. The Morgan fingerprint density at radius 2 is 1.91 bits per heavy atom. The Morgan fingerprint density at radius 3 is 2.59 bits per heavy atom. The van der Waals surface area contributed by atoms with Gasteiger partial charge in [-0.15, -0.1) is 24.0 Å². The molecule has 0 aliphatic rings. The van der Waals surface area contributed by atoms with Crippen LogP contribution < -0.4 is 10.6 Å². The average molecular weight is 419 g/mol. The molecule has 0 atom stereocenters. The highest BCUT2D eigenvalue weighted by Gasteiger charge is 1.98. The molecule has 0 fully saturated rings. The maximum absolute atomic E-state index is 5.16. The number of benzene rings is 1. The van der Waals surface area contributed by atoms with Crippen LogP contribution in [0.2, 0.25) is 0 Å². The highest BCUT2D eigenvalue weighted by Crippen LogP contribution is 2.07. The van der Waals surface area contributed by atoms with Gasteiger partial charge in [-0.05, 0) is 24.5 Å². The minimum absolute atomic E-state index is 0. The van der Waals surface area contributed by atoms with E-state index in [1.54, 1.807) is 7.11 Å². The summed E-state index contributed by atoms with van der Waals surface area (Å²) in [5.41, 5.74) is 2.39. The second-order valence-corrected chi connectivity index (χ2v) is 5.08. The first-order valence-corrected chi connectivity index (χ1v) is 7.89. The standard InChI is InChI=1S/C17H29N3O.HI/c1-4-6-7-11-19-17(18-5-2)20-13-15-9-8-10-16(12-15)14-21-3;/h8-10,12H,4-7,11,13-14H2,1-3H3,(H2,18,19,20);1H. The molecule has 0 aliphatic heterocycles. The second-order valence-electron chi connectivity index (χ2n) is 5.08. The van der Waals surface area contributed by atoms with Gasteiger partial charge in [0, 0.05) is 20.2 Å². The molecule has 0 bridgehead atoms. The molecule has 0 spiro atoms. The summed E-state index contributed by atoms with van der Waals surface area (Å²) < 4.78 is 5.16.